The summed E-state index contributed by atoms with van der Waals surface area (Å²) < 4.78 is 9.67. The van der Waals surface area contributed by atoms with Gasteiger partial charge < -0.3 is 0 Å². The number of hydrogen-bond donors (Lipinski definition) is 0. The second kappa shape index (κ2) is 1.66. The molecular weight excluding hydrogens is 115 g/mol. The van der Waals surface area contributed by atoms with Gasteiger partial charge in [-0.2, -0.15) is 0 Å². The van der Waals surface area contributed by atoms with Gasteiger partial charge in [-0.15, -0.1) is 0 Å². The summed E-state index contributed by atoms with van der Waals surface area (Å²) >= 11 is -1.44. The van der Waals surface area contributed by atoms with Crippen molar-refractivity contribution in [3.8, 4) is 0 Å². The van der Waals surface area contributed by atoms with Crippen LogP contribution >= 0.6 is 0 Å². The van der Waals surface area contributed by atoms with Crippen molar-refractivity contribution in [3.05, 3.63) is 0 Å². The summed E-state index contributed by atoms with van der Waals surface area (Å²) in [6.45, 7) is 0. The summed E-state index contributed by atoms with van der Waals surface area (Å²) in [4.78, 5) is 0. The van der Waals surface area contributed by atoms with Crippen molar-refractivity contribution >= 4 is 14.6 Å². The predicted octanol–water partition coefficient (Wildman–Crippen LogP) is 0.668. The molecule has 0 aliphatic carbocycles. The van der Waals surface area contributed by atoms with Gasteiger partial charge in [-0.3, -0.25) is 0 Å². The van der Waals surface area contributed by atoms with Crippen molar-refractivity contribution in [1.82, 2.24) is 0 Å². The van der Waals surface area contributed by atoms with E-state index < -0.39 is 14.6 Å². The average Bonchev–Trinajstić information content (AvgIpc) is 0.811. The van der Waals surface area contributed by atoms with Crippen molar-refractivity contribution in [2.45, 2.75) is 11.4 Å². The van der Waals surface area contributed by atoms with Crippen LogP contribution in [0.5, 0.6) is 0 Å². The van der Waals surface area contributed by atoms with Gasteiger partial charge in [0.2, 0.25) is 0 Å². The molecule has 0 aliphatic rings. The van der Waals surface area contributed by atoms with Crippen LogP contribution in [0.3, 0.4) is 0 Å². The SMILES string of the molecule is C[As](C)=O. The van der Waals surface area contributed by atoms with Crippen LogP contribution in [-0.4, -0.2) is 14.6 Å². The Morgan fingerprint density at radius 1 is 1.50 bits per heavy atom. The Balaban J connectivity index is 2.80. The van der Waals surface area contributed by atoms with Crippen molar-refractivity contribution in [2.75, 3.05) is 0 Å². The van der Waals surface area contributed by atoms with Crippen LogP contribution in [0.2, 0.25) is 11.4 Å². The zero-order valence-corrected chi connectivity index (χ0v) is 4.73. The summed E-state index contributed by atoms with van der Waals surface area (Å²) in [5.74, 6) is 0. The van der Waals surface area contributed by atoms with Gasteiger partial charge in [-0.25, -0.2) is 0 Å². The summed E-state index contributed by atoms with van der Waals surface area (Å²) in [6.07, 6.45) is 0. The van der Waals surface area contributed by atoms with Gasteiger partial charge in [0, 0.05) is 0 Å². The second-order valence-electron chi connectivity index (χ2n) is 0.812. The summed E-state index contributed by atoms with van der Waals surface area (Å²) in [7, 11) is 0. The molecule has 2 heteroatoms. The van der Waals surface area contributed by atoms with E-state index in [4.69, 9.17) is 0 Å². The Morgan fingerprint density at radius 3 is 1.50 bits per heavy atom. The average molecular weight is 121 g/mol. The van der Waals surface area contributed by atoms with E-state index in [9.17, 15) is 3.74 Å². The molecule has 0 aromatic rings. The van der Waals surface area contributed by atoms with Crippen LogP contribution in [0.15, 0.2) is 0 Å². The van der Waals surface area contributed by atoms with Gasteiger partial charge in [0.05, 0.1) is 0 Å². The van der Waals surface area contributed by atoms with Crippen molar-refractivity contribution in [3.63, 3.8) is 0 Å². The van der Waals surface area contributed by atoms with Crippen molar-refractivity contribution in [1.29, 1.82) is 0 Å². The fraction of sp³-hybridized carbons (Fsp3) is 1.00. The van der Waals surface area contributed by atoms with E-state index in [1.54, 1.807) is 11.4 Å². The number of hydrogen-bond acceptors (Lipinski definition) is 1. The molecule has 0 rings (SSSR count). The van der Waals surface area contributed by atoms with Crippen LogP contribution in [0.4, 0.5) is 0 Å². The monoisotopic (exact) mass is 121 g/mol. The predicted molar refractivity (Wildman–Crippen MR) is 18.2 cm³/mol. The van der Waals surface area contributed by atoms with E-state index in [1.807, 2.05) is 0 Å². The molecule has 0 aromatic carbocycles. The first kappa shape index (κ1) is 4.36. The Hall–Kier alpha value is 0.358. The molecule has 0 spiro atoms. The van der Waals surface area contributed by atoms with Crippen LogP contribution in [0.25, 0.3) is 0 Å². The molecule has 0 heterocycles. The standard InChI is InChI=1S/C2H6AsO/c1-3(2)4/h1-2H3. The second-order valence-corrected chi connectivity index (χ2v) is 4.22. The van der Waals surface area contributed by atoms with E-state index in [1.165, 1.54) is 0 Å². The van der Waals surface area contributed by atoms with Gasteiger partial charge in [0.1, 0.15) is 0 Å². The molecular formula is C2H6AsO. The van der Waals surface area contributed by atoms with Crippen molar-refractivity contribution < 1.29 is 3.74 Å². The minimum atomic E-state index is -1.44. The maximum atomic E-state index is 9.67. The summed E-state index contributed by atoms with van der Waals surface area (Å²) in [5, 5.41) is 0. The topological polar surface area (TPSA) is 17.1 Å². The van der Waals surface area contributed by atoms with Gasteiger partial charge in [-0.1, -0.05) is 0 Å². The zero-order valence-electron chi connectivity index (χ0n) is 2.86. The van der Waals surface area contributed by atoms with Crippen LogP contribution < -0.4 is 0 Å². The Kier molecular flexibility index (Phi) is 1.80. The maximum absolute atomic E-state index is 9.67. The zero-order chi connectivity index (χ0) is 3.58. The third-order valence-corrected chi connectivity index (χ3v) is 0. The Bertz CT molecular complexity index is 29.0. The Labute approximate surface area is 30.5 Å². The molecule has 0 N–H and O–H groups in total. The molecule has 0 atom stereocenters. The Morgan fingerprint density at radius 2 is 1.50 bits per heavy atom. The third-order valence-electron chi connectivity index (χ3n) is 0. The molecule has 1 radical (unpaired) electrons. The van der Waals surface area contributed by atoms with Crippen molar-refractivity contribution in [2.24, 2.45) is 0 Å². The molecule has 0 bridgehead atoms. The van der Waals surface area contributed by atoms with Gasteiger partial charge in [0.25, 0.3) is 0 Å². The normalized spacial score (nSPS) is 6.50. The van der Waals surface area contributed by atoms with Gasteiger partial charge >= 0.3 is 29.8 Å². The third kappa shape index (κ3) is 33.9. The number of rotatable bonds is 0. The molecule has 0 unspecified atom stereocenters. The molecule has 0 aliphatic heterocycles. The van der Waals surface area contributed by atoms with Crippen LogP contribution in [0, 0.1) is 0 Å². The quantitative estimate of drug-likeness (QED) is 0.430. The first-order chi connectivity index (χ1) is 1.73. The first-order valence-corrected chi connectivity index (χ1v) is 5.60. The molecule has 0 saturated heterocycles. The molecule has 0 aromatic heterocycles. The first-order valence-electron chi connectivity index (χ1n) is 1.08. The van der Waals surface area contributed by atoms with E-state index in [-0.39, 0.29) is 0 Å². The molecule has 1 nitrogen and oxygen atoms in total. The minimum absolute atomic E-state index is 1.44. The van der Waals surface area contributed by atoms with E-state index in [0.717, 1.165) is 0 Å². The van der Waals surface area contributed by atoms with E-state index >= 15 is 0 Å². The fourth-order valence-electron chi connectivity index (χ4n) is 0. The van der Waals surface area contributed by atoms with E-state index in [0.29, 0.717) is 0 Å². The molecule has 0 amide bonds. The van der Waals surface area contributed by atoms with Gasteiger partial charge in [-0.05, 0) is 0 Å². The van der Waals surface area contributed by atoms with E-state index in [2.05, 4.69) is 0 Å². The molecule has 25 valence electrons. The fourth-order valence-corrected chi connectivity index (χ4v) is 0. The molecule has 0 fully saturated rings. The van der Waals surface area contributed by atoms with Gasteiger partial charge in [0.15, 0.2) is 0 Å². The van der Waals surface area contributed by atoms with Crippen LogP contribution in [0.1, 0.15) is 0 Å². The van der Waals surface area contributed by atoms with Crippen LogP contribution in [-0.2, 0) is 3.74 Å². The molecule has 0 saturated carbocycles. The summed E-state index contributed by atoms with van der Waals surface area (Å²) in [6, 6.07) is 0. The summed E-state index contributed by atoms with van der Waals surface area (Å²) in [5.41, 5.74) is 3.51. The molecule has 4 heavy (non-hydrogen) atoms.